The van der Waals surface area contributed by atoms with Gasteiger partial charge in [0.15, 0.2) is 0 Å². The molecule has 0 spiro atoms. The fourth-order valence-electron chi connectivity index (χ4n) is 4.73. The van der Waals surface area contributed by atoms with Gasteiger partial charge in [-0.05, 0) is 34.8 Å². The quantitative estimate of drug-likeness (QED) is 0.598. The van der Waals surface area contributed by atoms with E-state index in [0.717, 1.165) is 6.42 Å². The molecule has 0 atom stereocenters. The molecule has 0 fully saturated rings. The van der Waals surface area contributed by atoms with E-state index in [4.69, 9.17) is 0 Å². The lowest BCUT2D eigenvalue weighted by molar-refractivity contribution is 0.166. The fourth-order valence-corrected chi connectivity index (χ4v) is 4.73. The SMILES string of the molecule is CC1(C)C=CC(C)(C)C1(C1=CCCC=C1)c1ccccc1. The summed E-state index contributed by atoms with van der Waals surface area (Å²) >= 11 is 0. The number of allylic oxidation sites excluding steroid dienone is 6. The van der Waals surface area contributed by atoms with Crippen molar-refractivity contribution >= 4 is 0 Å². The van der Waals surface area contributed by atoms with Gasteiger partial charge in [0.05, 0.1) is 0 Å². The summed E-state index contributed by atoms with van der Waals surface area (Å²) in [5.74, 6) is 0. The summed E-state index contributed by atoms with van der Waals surface area (Å²) in [5.41, 5.74) is 3.14. The average Bonchev–Trinajstić information content (AvgIpc) is 2.67. The van der Waals surface area contributed by atoms with Crippen LogP contribution in [0.15, 0.2) is 66.3 Å². The molecule has 0 radical (unpaired) electrons. The van der Waals surface area contributed by atoms with Gasteiger partial charge >= 0.3 is 0 Å². The van der Waals surface area contributed by atoms with Crippen molar-refractivity contribution in [2.75, 3.05) is 0 Å². The summed E-state index contributed by atoms with van der Waals surface area (Å²) < 4.78 is 0. The molecule has 0 unspecified atom stereocenters. The van der Waals surface area contributed by atoms with Crippen LogP contribution in [0.2, 0.25) is 0 Å². The van der Waals surface area contributed by atoms with Gasteiger partial charge in [-0.15, -0.1) is 0 Å². The predicted molar refractivity (Wildman–Crippen MR) is 91.3 cm³/mol. The first kappa shape index (κ1) is 14.4. The topological polar surface area (TPSA) is 0 Å². The van der Waals surface area contributed by atoms with E-state index in [9.17, 15) is 0 Å². The maximum absolute atomic E-state index is 2.46. The van der Waals surface area contributed by atoms with E-state index >= 15 is 0 Å². The third kappa shape index (κ3) is 1.88. The van der Waals surface area contributed by atoms with Gasteiger partial charge in [-0.1, -0.05) is 88.4 Å². The lowest BCUT2D eigenvalue weighted by Gasteiger charge is -2.52. The predicted octanol–water partition coefficient (Wildman–Crippen LogP) is 5.82. The average molecular weight is 278 g/mol. The van der Waals surface area contributed by atoms with Crippen molar-refractivity contribution < 1.29 is 0 Å². The van der Waals surface area contributed by atoms with Gasteiger partial charge in [-0.3, -0.25) is 0 Å². The Balaban J connectivity index is 2.31. The molecule has 2 aliphatic carbocycles. The van der Waals surface area contributed by atoms with E-state index in [1.807, 2.05) is 0 Å². The van der Waals surface area contributed by atoms with Crippen molar-refractivity contribution in [2.24, 2.45) is 10.8 Å². The monoisotopic (exact) mass is 278 g/mol. The smallest absolute Gasteiger partial charge is 0.0370 e. The Kier molecular flexibility index (Phi) is 3.24. The molecule has 0 saturated heterocycles. The van der Waals surface area contributed by atoms with Crippen LogP contribution in [0.4, 0.5) is 0 Å². The Morgan fingerprint density at radius 3 is 1.95 bits per heavy atom. The van der Waals surface area contributed by atoms with Crippen molar-refractivity contribution in [3.8, 4) is 0 Å². The Hall–Kier alpha value is -1.56. The molecular weight excluding hydrogens is 252 g/mol. The molecule has 0 aromatic heterocycles. The summed E-state index contributed by atoms with van der Waals surface area (Å²) in [6.07, 6.45) is 14.3. The third-order valence-corrected chi connectivity index (χ3v) is 5.48. The highest BCUT2D eigenvalue weighted by Crippen LogP contribution is 2.63. The molecule has 0 bridgehead atoms. The van der Waals surface area contributed by atoms with Gasteiger partial charge in [-0.25, -0.2) is 0 Å². The molecule has 0 amide bonds. The number of hydrogen-bond acceptors (Lipinski definition) is 0. The fraction of sp³-hybridized carbons (Fsp3) is 0.429. The van der Waals surface area contributed by atoms with Crippen molar-refractivity contribution in [2.45, 2.75) is 46.0 Å². The van der Waals surface area contributed by atoms with Crippen LogP contribution in [0.5, 0.6) is 0 Å². The van der Waals surface area contributed by atoms with Crippen molar-refractivity contribution in [3.05, 3.63) is 71.8 Å². The van der Waals surface area contributed by atoms with E-state index in [2.05, 4.69) is 88.4 Å². The van der Waals surface area contributed by atoms with Crippen molar-refractivity contribution in [1.29, 1.82) is 0 Å². The standard InChI is InChI=1S/C21H26/c1-19(2)15-16-20(3,4)21(19,17-11-7-5-8-12-17)18-13-9-6-10-14-18/h5,7-9,11-16H,6,10H2,1-4H3. The number of benzene rings is 1. The van der Waals surface area contributed by atoms with Crippen LogP contribution < -0.4 is 0 Å². The van der Waals surface area contributed by atoms with Gasteiger partial charge in [0.25, 0.3) is 0 Å². The minimum atomic E-state index is 0.0121. The summed E-state index contributed by atoms with van der Waals surface area (Å²) in [5, 5.41) is 0. The van der Waals surface area contributed by atoms with Crippen LogP contribution in [0, 0.1) is 10.8 Å². The Morgan fingerprint density at radius 1 is 0.810 bits per heavy atom. The molecule has 2 aliphatic rings. The first-order valence-corrected chi connectivity index (χ1v) is 8.05. The van der Waals surface area contributed by atoms with Crippen LogP contribution in [0.1, 0.15) is 46.1 Å². The van der Waals surface area contributed by atoms with Crippen LogP contribution in [0.3, 0.4) is 0 Å². The van der Waals surface area contributed by atoms with E-state index in [1.54, 1.807) is 0 Å². The second kappa shape index (κ2) is 4.73. The lowest BCUT2D eigenvalue weighted by atomic mass is 9.50. The maximum atomic E-state index is 2.46. The number of hydrogen-bond donors (Lipinski definition) is 0. The van der Waals surface area contributed by atoms with E-state index in [-0.39, 0.29) is 16.2 Å². The van der Waals surface area contributed by atoms with Crippen molar-refractivity contribution in [1.82, 2.24) is 0 Å². The summed E-state index contributed by atoms with van der Waals surface area (Å²) in [4.78, 5) is 0. The lowest BCUT2D eigenvalue weighted by Crippen LogP contribution is -2.49. The zero-order valence-electron chi connectivity index (χ0n) is 13.7. The van der Waals surface area contributed by atoms with Crippen molar-refractivity contribution in [3.63, 3.8) is 0 Å². The minimum absolute atomic E-state index is 0.0121. The highest BCUT2D eigenvalue weighted by molar-refractivity contribution is 5.53. The van der Waals surface area contributed by atoms with Gasteiger partial charge < -0.3 is 0 Å². The van der Waals surface area contributed by atoms with E-state index < -0.39 is 0 Å². The largest absolute Gasteiger partial charge is 0.0839 e. The summed E-state index contributed by atoms with van der Waals surface area (Å²) in [6.45, 7) is 9.53. The van der Waals surface area contributed by atoms with Gasteiger partial charge in [0.1, 0.15) is 0 Å². The Labute approximate surface area is 129 Å². The second-order valence-electron chi connectivity index (χ2n) is 7.53. The normalized spacial score (nSPS) is 24.9. The minimum Gasteiger partial charge on any atom is -0.0839 e. The molecule has 0 saturated carbocycles. The highest BCUT2D eigenvalue weighted by Gasteiger charge is 2.58. The van der Waals surface area contributed by atoms with Crippen LogP contribution >= 0.6 is 0 Å². The Bertz CT molecular complexity index is 591. The summed E-state index contributed by atoms with van der Waals surface area (Å²) in [6, 6.07) is 11.1. The zero-order valence-corrected chi connectivity index (χ0v) is 13.7. The molecule has 0 nitrogen and oxygen atoms in total. The molecule has 1 aromatic rings. The maximum Gasteiger partial charge on any atom is 0.0370 e. The van der Waals surface area contributed by atoms with E-state index in [0.29, 0.717) is 0 Å². The molecule has 0 aliphatic heterocycles. The Morgan fingerprint density at radius 2 is 1.43 bits per heavy atom. The van der Waals surface area contributed by atoms with Crippen LogP contribution in [0.25, 0.3) is 0 Å². The summed E-state index contributed by atoms with van der Waals surface area (Å²) in [7, 11) is 0. The molecule has 21 heavy (non-hydrogen) atoms. The van der Waals surface area contributed by atoms with Gasteiger partial charge in [0.2, 0.25) is 0 Å². The first-order chi connectivity index (χ1) is 9.92. The zero-order chi connectivity index (χ0) is 15.1. The molecule has 0 N–H and O–H groups in total. The van der Waals surface area contributed by atoms with Crippen LogP contribution in [-0.4, -0.2) is 0 Å². The molecule has 0 heteroatoms. The van der Waals surface area contributed by atoms with E-state index in [1.165, 1.54) is 17.6 Å². The molecule has 110 valence electrons. The van der Waals surface area contributed by atoms with Gasteiger partial charge in [0, 0.05) is 5.41 Å². The van der Waals surface area contributed by atoms with Crippen LogP contribution in [-0.2, 0) is 5.41 Å². The first-order valence-electron chi connectivity index (χ1n) is 8.05. The number of rotatable bonds is 2. The van der Waals surface area contributed by atoms with Gasteiger partial charge in [-0.2, -0.15) is 0 Å². The highest BCUT2D eigenvalue weighted by atomic mass is 14.6. The molecule has 3 rings (SSSR count). The molecule has 1 aromatic carbocycles. The second-order valence-corrected chi connectivity index (χ2v) is 7.53. The molecule has 0 heterocycles. The third-order valence-electron chi connectivity index (χ3n) is 5.48. The molecular formula is C21H26.